The van der Waals surface area contributed by atoms with Gasteiger partial charge in [-0.1, -0.05) is 78.5 Å². The van der Waals surface area contributed by atoms with Crippen LogP contribution in [0.5, 0.6) is 0 Å². The molecule has 6 heteroatoms. The largest absolute Gasteiger partial charge is 0.348 e. The fourth-order valence-electron chi connectivity index (χ4n) is 3.30. The lowest BCUT2D eigenvalue weighted by Gasteiger charge is -2.09. The highest BCUT2D eigenvalue weighted by Crippen LogP contribution is 2.25. The summed E-state index contributed by atoms with van der Waals surface area (Å²) in [5, 5.41) is 4.59. The highest BCUT2D eigenvalue weighted by molar-refractivity contribution is 8.15. The second-order valence-electron chi connectivity index (χ2n) is 7.03. The number of benzene rings is 3. The lowest BCUT2D eigenvalue weighted by Crippen LogP contribution is -2.25. The van der Waals surface area contributed by atoms with Crippen LogP contribution in [-0.2, 0) is 17.8 Å². The summed E-state index contributed by atoms with van der Waals surface area (Å²) in [5.74, 6) is -0.352. The van der Waals surface area contributed by atoms with E-state index in [0.29, 0.717) is 18.5 Å². The van der Waals surface area contributed by atoms with Crippen molar-refractivity contribution in [2.45, 2.75) is 18.2 Å². The molecule has 1 unspecified atom stereocenters. The second kappa shape index (κ2) is 8.97. The number of carbonyl (C=O) groups excluding carboxylic acids is 3. The highest BCUT2D eigenvalue weighted by Gasteiger charge is 2.31. The van der Waals surface area contributed by atoms with E-state index in [9.17, 15) is 14.4 Å². The molecule has 2 N–H and O–H groups in total. The maximum Gasteiger partial charge on any atom is 0.286 e. The highest BCUT2D eigenvalue weighted by atomic mass is 32.2. The van der Waals surface area contributed by atoms with Crippen LogP contribution in [0.25, 0.3) is 11.1 Å². The molecule has 0 aromatic heterocycles. The van der Waals surface area contributed by atoms with Crippen molar-refractivity contribution in [3.63, 3.8) is 0 Å². The maximum absolute atomic E-state index is 12.5. The third-order valence-corrected chi connectivity index (χ3v) is 5.88. The fraction of sp³-hybridized carbons (Fsp3) is 0.125. The molecule has 0 aliphatic carbocycles. The zero-order valence-electron chi connectivity index (χ0n) is 16.1. The van der Waals surface area contributed by atoms with Gasteiger partial charge < -0.3 is 5.32 Å². The van der Waals surface area contributed by atoms with Gasteiger partial charge >= 0.3 is 0 Å². The Labute approximate surface area is 178 Å². The summed E-state index contributed by atoms with van der Waals surface area (Å²) in [5.41, 5.74) is 4.56. The predicted molar refractivity (Wildman–Crippen MR) is 118 cm³/mol. The number of thioether (sulfide) groups is 1. The Bertz CT molecular complexity index is 1080. The van der Waals surface area contributed by atoms with E-state index in [4.69, 9.17) is 0 Å². The monoisotopic (exact) mass is 416 g/mol. The van der Waals surface area contributed by atoms with E-state index in [1.54, 1.807) is 6.07 Å². The minimum Gasteiger partial charge on any atom is -0.348 e. The van der Waals surface area contributed by atoms with Gasteiger partial charge in [0.2, 0.25) is 5.91 Å². The molecule has 0 saturated carbocycles. The van der Waals surface area contributed by atoms with Crippen molar-refractivity contribution in [1.82, 2.24) is 10.6 Å². The third kappa shape index (κ3) is 4.78. The standard InChI is InChI=1S/C24H20N2O3S/c27-22(25-15-17-5-2-1-3-6-17)20-8-4-7-19(14-20)18-11-9-16(10-12-18)13-21-23(28)26-24(29)30-21/h1-12,14,21H,13,15H2,(H,25,27)(H,26,28,29). The summed E-state index contributed by atoms with van der Waals surface area (Å²) in [6.07, 6.45) is 0.504. The Morgan fingerprint density at radius 3 is 2.33 bits per heavy atom. The number of imide groups is 1. The zero-order valence-corrected chi connectivity index (χ0v) is 16.9. The maximum atomic E-state index is 12.5. The molecule has 150 valence electrons. The van der Waals surface area contributed by atoms with Gasteiger partial charge in [-0.25, -0.2) is 0 Å². The molecule has 1 heterocycles. The van der Waals surface area contributed by atoms with E-state index in [1.165, 1.54) is 0 Å². The van der Waals surface area contributed by atoms with E-state index in [0.717, 1.165) is 34.0 Å². The third-order valence-electron chi connectivity index (χ3n) is 4.90. The predicted octanol–water partition coefficient (Wildman–Crippen LogP) is 4.18. The number of hydrogen-bond acceptors (Lipinski definition) is 4. The van der Waals surface area contributed by atoms with Crippen molar-refractivity contribution in [1.29, 1.82) is 0 Å². The van der Waals surface area contributed by atoms with E-state index in [1.807, 2.05) is 72.8 Å². The van der Waals surface area contributed by atoms with Gasteiger partial charge in [0, 0.05) is 12.1 Å². The molecule has 4 rings (SSSR count). The van der Waals surface area contributed by atoms with Crippen molar-refractivity contribution in [2.24, 2.45) is 0 Å². The first-order valence-electron chi connectivity index (χ1n) is 9.61. The van der Waals surface area contributed by atoms with Gasteiger partial charge in [-0.15, -0.1) is 0 Å². The summed E-state index contributed by atoms with van der Waals surface area (Å²) >= 11 is 1.03. The number of carbonyl (C=O) groups is 3. The first-order chi connectivity index (χ1) is 14.6. The summed E-state index contributed by atoms with van der Waals surface area (Å²) in [6.45, 7) is 0.480. The molecule has 1 saturated heterocycles. The average molecular weight is 417 g/mol. The van der Waals surface area contributed by atoms with Crippen LogP contribution in [0, 0.1) is 0 Å². The topological polar surface area (TPSA) is 75.3 Å². The Balaban J connectivity index is 1.42. The van der Waals surface area contributed by atoms with Crippen molar-refractivity contribution >= 4 is 28.8 Å². The van der Waals surface area contributed by atoms with Gasteiger partial charge in [-0.3, -0.25) is 19.7 Å². The van der Waals surface area contributed by atoms with Crippen LogP contribution in [0.15, 0.2) is 78.9 Å². The average Bonchev–Trinajstić information content (AvgIpc) is 3.10. The molecule has 3 amide bonds. The minimum atomic E-state index is -0.375. The second-order valence-corrected chi connectivity index (χ2v) is 8.21. The summed E-state index contributed by atoms with van der Waals surface area (Å²) < 4.78 is 0. The normalized spacial score (nSPS) is 15.7. The lowest BCUT2D eigenvalue weighted by atomic mass is 10.00. The quantitative estimate of drug-likeness (QED) is 0.632. The van der Waals surface area contributed by atoms with Crippen LogP contribution in [-0.4, -0.2) is 22.3 Å². The molecule has 3 aromatic rings. The van der Waals surface area contributed by atoms with Crippen LogP contribution in [0.3, 0.4) is 0 Å². The number of hydrogen-bond donors (Lipinski definition) is 2. The molecule has 1 atom stereocenters. The van der Waals surface area contributed by atoms with E-state index >= 15 is 0 Å². The Morgan fingerprint density at radius 1 is 0.867 bits per heavy atom. The van der Waals surface area contributed by atoms with Gasteiger partial charge in [0.05, 0.1) is 5.25 Å². The molecule has 5 nitrogen and oxygen atoms in total. The molecule has 30 heavy (non-hydrogen) atoms. The number of rotatable bonds is 6. The molecule has 1 fully saturated rings. The first-order valence-corrected chi connectivity index (χ1v) is 10.5. The van der Waals surface area contributed by atoms with Gasteiger partial charge in [0.15, 0.2) is 0 Å². The first kappa shape index (κ1) is 19.9. The summed E-state index contributed by atoms with van der Waals surface area (Å²) in [4.78, 5) is 35.6. The van der Waals surface area contributed by atoms with Gasteiger partial charge in [0.25, 0.3) is 11.1 Å². The number of nitrogens with one attached hydrogen (secondary N) is 2. The van der Waals surface area contributed by atoms with E-state index in [-0.39, 0.29) is 22.3 Å². The molecule has 0 bridgehead atoms. The summed E-state index contributed by atoms with van der Waals surface area (Å²) in [7, 11) is 0. The van der Waals surface area contributed by atoms with E-state index < -0.39 is 0 Å². The zero-order chi connectivity index (χ0) is 20.9. The SMILES string of the molecule is O=C1NC(=O)C(Cc2ccc(-c3cccc(C(=O)NCc4ccccc4)c3)cc2)S1. The fourth-order valence-corrected chi connectivity index (χ4v) is 4.15. The molecule has 0 radical (unpaired) electrons. The van der Waals surface area contributed by atoms with E-state index in [2.05, 4.69) is 10.6 Å². The van der Waals surface area contributed by atoms with Gasteiger partial charge in [-0.05, 0) is 40.8 Å². The van der Waals surface area contributed by atoms with Crippen molar-refractivity contribution in [3.8, 4) is 11.1 Å². The molecular weight excluding hydrogens is 396 g/mol. The van der Waals surface area contributed by atoms with Crippen LogP contribution >= 0.6 is 11.8 Å². The molecule has 3 aromatic carbocycles. The van der Waals surface area contributed by atoms with Crippen LogP contribution in [0.1, 0.15) is 21.5 Å². The van der Waals surface area contributed by atoms with Crippen LogP contribution in [0.4, 0.5) is 4.79 Å². The Morgan fingerprint density at radius 2 is 1.63 bits per heavy atom. The Hall–Kier alpha value is -3.38. The molecule has 1 aliphatic heterocycles. The summed E-state index contributed by atoms with van der Waals surface area (Å²) in [6, 6.07) is 25.1. The van der Waals surface area contributed by atoms with Crippen molar-refractivity contribution in [3.05, 3.63) is 95.6 Å². The molecule has 1 aliphatic rings. The minimum absolute atomic E-state index is 0.119. The van der Waals surface area contributed by atoms with Crippen LogP contribution < -0.4 is 10.6 Å². The number of amides is 3. The molecule has 0 spiro atoms. The Kier molecular flexibility index (Phi) is 5.95. The van der Waals surface area contributed by atoms with Crippen LogP contribution in [0.2, 0.25) is 0 Å². The smallest absolute Gasteiger partial charge is 0.286 e. The van der Waals surface area contributed by atoms with Crippen molar-refractivity contribution < 1.29 is 14.4 Å². The van der Waals surface area contributed by atoms with Gasteiger partial charge in [-0.2, -0.15) is 0 Å². The molecular formula is C24H20N2O3S. The lowest BCUT2D eigenvalue weighted by molar-refractivity contribution is -0.118. The van der Waals surface area contributed by atoms with Gasteiger partial charge in [0.1, 0.15) is 0 Å². The van der Waals surface area contributed by atoms with Crippen molar-refractivity contribution in [2.75, 3.05) is 0 Å².